The molecule has 0 aliphatic rings. The van der Waals surface area contributed by atoms with Gasteiger partial charge < -0.3 is 9.47 Å². The maximum Gasteiger partial charge on any atom is 0.185 e. The number of ketones is 1. The third-order valence-electron chi connectivity index (χ3n) is 3.48. The van der Waals surface area contributed by atoms with Crippen molar-refractivity contribution in [1.29, 1.82) is 0 Å². The lowest BCUT2D eigenvalue weighted by atomic mass is 10.1. The van der Waals surface area contributed by atoms with Crippen LogP contribution in [0.15, 0.2) is 60.2 Å². The monoisotopic (exact) mass is 340 g/mol. The van der Waals surface area contributed by atoms with Crippen molar-refractivity contribution in [2.45, 2.75) is 13.8 Å². The molecule has 0 aliphatic carbocycles. The first-order valence-electron chi connectivity index (χ1n) is 7.92. The molecule has 0 aliphatic heterocycles. The van der Waals surface area contributed by atoms with Gasteiger partial charge in [-0.25, -0.2) is 4.39 Å². The van der Waals surface area contributed by atoms with E-state index in [-0.39, 0.29) is 11.6 Å². The number of rotatable bonds is 7. The zero-order valence-electron chi connectivity index (χ0n) is 14.6. The summed E-state index contributed by atoms with van der Waals surface area (Å²) < 4.78 is 23.8. The van der Waals surface area contributed by atoms with Crippen molar-refractivity contribution in [2.24, 2.45) is 0 Å². The van der Waals surface area contributed by atoms with Crippen LogP contribution in [0.1, 0.15) is 29.8 Å². The Bertz CT molecular complexity index is 785. The Morgan fingerprint density at radius 2 is 1.80 bits per heavy atom. The summed E-state index contributed by atoms with van der Waals surface area (Å²) in [5, 5.41) is 0. The van der Waals surface area contributed by atoms with Gasteiger partial charge in [0.15, 0.2) is 17.3 Å². The van der Waals surface area contributed by atoms with Gasteiger partial charge >= 0.3 is 0 Å². The number of halogens is 1. The molecule has 0 fully saturated rings. The molecule has 0 N–H and O–H groups in total. The van der Waals surface area contributed by atoms with Gasteiger partial charge in [0.25, 0.3) is 0 Å². The zero-order chi connectivity index (χ0) is 18.2. The van der Waals surface area contributed by atoms with Gasteiger partial charge in [-0.15, -0.1) is 0 Å². The molecule has 0 unspecified atom stereocenters. The van der Waals surface area contributed by atoms with Crippen molar-refractivity contribution in [3.63, 3.8) is 0 Å². The van der Waals surface area contributed by atoms with E-state index < -0.39 is 0 Å². The van der Waals surface area contributed by atoms with Gasteiger partial charge in [-0.3, -0.25) is 4.79 Å². The number of methoxy groups -OCH3 is 1. The van der Waals surface area contributed by atoms with Crippen molar-refractivity contribution in [1.82, 2.24) is 0 Å². The van der Waals surface area contributed by atoms with E-state index in [9.17, 15) is 9.18 Å². The minimum absolute atomic E-state index is 0.168. The average molecular weight is 340 g/mol. The molecule has 0 saturated carbocycles. The lowest BCUT2D eigenvalue weighted by Gasteiger charge is -2.10. The molecule has 0 amide bonds. The Hall–Kier alpha value is -2.88. The number of benzene rings is 2. The van der Waals surface area contributed by atoms with Crippen LogP contribution in [0.5, 0.6) is 11.5 Å². The molecule has 2 aromatic rings. The minimum Gasteiger partial charge on any atom is -0.493 e. The van der Waals surface area contributed by atoms with Crippen LogP contribution in [-0.4, -0.2) is 19.5 Å². The SMILES string of the molecule is COc1cc(C(=O)/C=C/c2ccc(F)cc2)ccc1OCC=C(C)C. The van der Waals surface area contributed by atoms with Gasteiger partial charge in [0, 0.05) is 5.56 Å². The summed E-state index contributed by atoms with van der Waals surface area (Å²) >= 11 is 0. The first-order valence-corrected chi connectivity index (χ1v) is 7.92. The van der Waals surface area contributed by atoms with Crippen LogP contribution in [0, 0.1) is 5.82 Å². The molecule has 130 valence electrons. The highest BCUT2D eigenvalue weighted by atomic mass is 19.1. The highest BCUT2D eigenvalue weighted by molar-refractivity contribution is 6.07. The quantitative estimate of drug-likeness (QED) is 0.401. The minimum atomic E-state index is -0.308. The van der Waals surface area contributed by atoms with E-state index in [1.165, 1.54) is 25.3 Å². The van der Waals surface area contributed by atoms with Gasteiger partial charge in [-0.1, -0.05) is 23.8 Å². The average Bonchev–Trinajstić information content (AvgIpc) is 2.60. The topological polar surface area (TPSA) is 35.5 Å². The van der Waals surface area contributed by atoms with Crippen molar-refractivity contribution < 1.29 is 18.7 Å². The molecule has 2 rings (SSSR count). The number of hydrogen-bond donors (Lipinski definition) is 0. The molecule has 0 saturated heterocycles. The van der Waals surface area contributed by atoms with Gasteiger partial charge in [0.2, 0.25) is 0 Å². The van der Waals surface area contributed by atoms with E-state index in [4.69, 9.17) is 9.47 Å². The van der Waals surface area contributed by atoms with Crippen LogP contribution in [0.4, 0.5) is 4.39 Å². The van der Waals surface area contributed by atoms with Crippen LogP contribution >= 0.6 is 0 Å². The molecular weight excluding hydrogens is 319 g/mol. The smallest absolute Gasteiger partial charge is 0.185 e. The molecule has 0 spiro atoms. The van der Waals surface area contributed by atoms with Crippen molar-refractivity contribution in [3.8, 4) is 11.5 Å². The zero-order valence-corrected chi connectivity index (χ0v) is 14.6. The van der Waals surface area contributed by atoms with Gasteiger partial charge in [-0.05, 0) is 61.9 Å². The summed E-state index contributed by atoms with van der Waals surface area (Å²) in [6.45, 7) is 4.43. The summed E-state index contributed by atoms with van der Waals surface area (Å²) in [4.78, 5) is 12.3. The molecule has 0 radical (unpaired) electrons. The molecule has 25 heavy (non-hydrogen) atoms. The number of ether oxygens (including phenoxy) is 2. The fourth-order valence-corrected chi connectivity index (χ4v) is 2.08. The second-order valence-corrected chi connectivity index (χ2v) is 5.71. The van der Waals surface area contributed by atoms with Crippen LogP contribution in [0.3, 0.4) is 0 Å². The second-order valence-electron chi connectivity index (χ2n) is 5.71. The molecule has 0 atom stereocenters. The van der Waals surface area contributed by atoms with Gasteiger partial charge in [-0.2, -0.15) is 0 Å². The third kappa shape index (κ3) is 5.60. The maximum atomic E-state index is 12.9. The van der Waals surface area contributed by atoms with E-state index in [0.717, 1.165) is 11.1 Å². The predicted octanol–water partition coefficient (Wildman–Crippen LogP) is 5.08. The summed E-state index contributed by atoms with van der Waals surface area (Å²) in [5.74, 6) is 0.609. The summed E-state index contributed by atoms with van der Waals surface area (Å²) in [6.07, 6.45) is 5.06. The molecule has 0 aromatic heterocycles. The highest BCUT2D eigenvalue weighted by Crippen LogP contribution is 2.28. The molecule has 4 heteroatoms. The third-order valence-corrected chi connectivity index (χ3v) is 3.48. The van der Waals surface area contributed by atoms with Gasteiger partial charge in [0.1, 0.15) is 12.4 Å². The molecule has 3 nitrogen and oxygen atoms in total. The summed E-state index contributed by atoms with van der Waals surface area (Å²) in [5.41, 5.74) is 2.41. The Kier molecular flexibility index (Phi) is 6.52. The first-order chi connectivity index (χ1) is 12.0. The number of hydrogen-bond acceptors (Lipinski definition) is 3. The largest absolute Gasteiger partial charge is 0.493 e. The Morgan fingerprint density at radius 3 is 2.44 bits per heavy atom. The number of allylic oxidation sites excluding steroid dienone is 2. The lowest BCUT2D eigenvalue weighted by molar-refractivity contribution is 0.104. The highest BCUT2D eigenvalue weighted by Gasteiger charge is 2.09. The van der Waals surface area contributed by atoms with Crippen LogP contribution in [0.2, 0.25) is 0 Å². The molecule has 0 heterocycles. The Labute approximate surface area is 147 Å². The fraction of sp³-hybridized carbons (Fsp3) is 0.190. The van der Waals surface area contributed by atoms with Crippen LogP contribution in [-0.2, 0) is 0 Å². The van der Waals surface area contributed by atoms with Gasteiger partial charge in [0.05, 0.1) is 7.11 Å². The molecular formula is C21H21FO3. The molecule has 0 bridgehead atoms. The molecule has 2 aromatic carbocycles. The first kappa shape index (κ1) is 18.5. The Morgan fingerprint density at radius 1 is 1.08 bits per heavy atom. The van der Waals surface area contributed by atoms with Crippen molar-refractivity contribution in [2.75, 3.05) is 13.7 Å². The number of carbonyl (C=O) groups excluding carboxylic acids is 1. The van der Waals surface area contributed by atoms with Crippen molar-refractivity contribution >= 4 is 11.9 Å². The van der Waals surface area contributed by atoms with E-state index in [1.807, 2.05) is 19.9 Å². The summed E-state index contributed by atoms with van der Waals surface area (Å²) in [7, 11) is 1.53. The van der Waals surface area contributed by atoms with E-state index in [2.05, 4.69) is 0 Å². The van der Waals surface area contributed by atoms with Crippen molar-refractivity contribution in [3.05, 3.63) is 77.1 Å². The fourth-order valence-electron chi connectivity index (χ4n) is 2.08. The summed E-state index contributed by atoms with van der Waals surface area (Å²) in [6, 6.07) is 11.0. The Balaban J connectivity index is 2.11. The second kappa shape index (κ2) is 8.83. The van der Waals surface area contributed by atoms with E-state index in [1.54, 1.807) is 36.4 Å². The normalized spacial score (nSPS) is 10.6. The number of carbonyl (C=O) groups is 1. The standard InChI is InChI=1S/C21H21FO3/c1-15(2)12-13-25-20-11-7-17(14-21(20)24-3)19(23)10-6-16-4-8-18(22)9-5-16/h4-12,14H,13H2,1-3H3/b10-6+. The van der Waals surface area contributed by atoms with E-state index >= 15 is 0 Å². The lowest BCUT2D eigenvalue weighted by Crippen LogP contribution is -2.00. The van der Waals surface area contributed by atoms with E-state index in [0.29, 0.717) is 23.7 Å². The van der Waals surface area contributed by atoms with Crippen LogP contribution < -0.4 is 9.47 Å². The predicted molar refractivity (Wildman–Crippen MR) is 97.7 cm³/mol. The van der Waals surface area contributed by atoms with Crippen LogP contribution in [0.25, 0.3) is 6.08 Å². The maximum absolute atomic E-state index is 12.9.